The summed E-state index contributed by atoms with van der Waals surface area (Å²) in [5.74, 6) is 0.318. The number of nitrogens with zero attached hydrogens (tertiary/aromatic N) is 1. The van der Waals surface area contributed by atoms with Crippen molar-refractivity contribution in [1.29, 1.82) is 0 Å². The number of anilines is 1. The summed E-state index contributed by atoms with van der Waals surface area (Å²) in [6.45, 7) is 4.19. The Labute approximate surface area is 184 Å². The second-order valence-corrected chi connectivity index (χ2v) is 9.82. The van der Waals surface area contributed by atoms with Crippen molar-refractivity contribution in [1.82, 2.24) is 5.32 Å². The number of carbonyl (C=O) groups is 1. The van der Waals surface area contributed by atoms with Gasteiger partial charge in [0, 0.05) is 13.0 Å². The van der Waals surface area contributed by atoms with Crippen molar-refractivity contribution < 1.29 is 22.3 Å². The Bertz CT molecular complexity index is 962. The quantitative estimate of drug-likeness (QED) is 0.554. The maximum atomic E-state index is 14.1. The van der Waals surface area contributed by atoms with E-state index in [-0.39, 0.29) is 37.0 Å². The highest BCUT2D eigenvalue weighted by molar-refractivity contribution is 7.92. The summed E-state index contributed by atoms with van der Waals surface area (Å²) in [6, 6.07) is 13.1. The van der Waals surface area contributed by atoms with E-state index in [1.165, 1.54) is 18.2 Å². The zero-order chi connectivity index (χ0) is 23.0. The number of nitrogens with one attached hydrogen (secondary N) is 1. The molecule has 6 nitrogen and oxygen atoms in total. The summed E-state index contributed by atoms with van der Waals surface area (Å²) >= 11 is 0. The summed E-state index contributed by atoms with van der Waals surface area (Å²) in [7, 11) is -2.08. The largest absolute Gasteiger partial charge is 0.497 e. The Morgan fingerprint density at radius 2 is 1.77 bits per heavy atom. The highest BCUT2D eigenvalue weighted by Gasteiger charge is 2.21. The average Bonchev–Trinajstić information content (AvgIpc) is 2.70. The zero-order valence-corrected chi connectivity index (χ0v) is 19.3. The van der Waals surface area contributed by atoms with Gasteiger partial charge >= 0.3 is 0 Å². The van der Waals surface area contributed by atoms with E-state index < -0.39 is 15.8 Å². The minimum absolute atomic E-state index is 0.0127. The van der Waals surface area contributed by atoms with Crippen LogP contribution >= 0.6 is 0 Å². The molecule has 8 heteroatoms. The number of ether oxygens (including phenoxy) is 1. The Hall–Kier alpha value is -2.61. The third-order valence-electron chi connectivity index (χ3n) is 4.85. The smallest absolute Gasteiger partial charge is 0.232 e. The number of hydrogen-bond acceptors (Lipinski definition) is 4. The van der Waals surface area contributed by atoms with Gasteiger partial charge in [0.2, 0.25) is 15.9 Å². The standard InChI is InChI=1S/C23H31FN2O4S/c1-17(2)16-21(18-11-13-19(30-3)14-12-18)25-23(27)10-7-15-26(31(4,28)29)22-9-6-5-8-20(22)24/h5-6,8-9,11-14,17,21H,7,10,15-16H2,1-4H3,(H,25,27)/t21-/m0/s1. The molecular formula is C23H31FN2O4S. The van der Waals surface area contributed by atoms with Crippen molar-refractivity contribution in [3.8, 4) is 5.75 Å². The Morgan fingerprint density at radius 3 is 2.32 bits per heavy atom. The number of hydrogen-bond donors (Lipinski definition) is 1. The van der Waals surface area contributed by atoms with Crippen LogP contribution in [0.25, 0.3) is 0 Å². The van der Waals surface area contributed by atoms with Gasteiger partial charge in [-0.1, -0.05) is 38.1 Å². The zero-order valence-electron chi connectivity index (χ0n) is 18.5. The molecule has 0 heterocycles. The fraction of sp³-hybridized carbons (Fsp3) is 0.435. The topological polar surface area (TPSA) is 75.7 Å². The van der Waals surface area contributed by atoms with Crippen LogP contribution in [0, 0.1) is 11.7 Å². The number of sulfonamides is 1. The molecule has 0 saturated carbocycles. The maximum Gasteiger partial charge on any atom is 0.232 e. The first-order chi connectivity index (χ1) is 14.6. The van der Waals surface area contributed by atoms with Gasteiger partial charge in [-0.2, -0.15) is 0 Å². The number of rotatable bonds is 11. The Morgan fingerprint density at radius 1 is 1.13 bits per heavy atom. The number of para-hydroxylation sites is 1. The summed E-state index contributed by atoms with van der Waals surface area (Å²) in [5.41, 5.74) is 0.966. The van der Waals surface area contributed by atoms with Crippen LogP contribution in [0.4, 0.5) is 10.1 Å². The summed E-state index contributed by atoms with van der Waals surface area (Å²) < 4.78 is 44.6. The lowest BCUT2D eigenvalue weighted by Crippen LogP contribution is -2.33. The fourth-order valence-electron chi connectivity index (χ4n) is 3.35. The Kier molecular flexibility index (Phi) is 8.86. The van der Waals surface area contributed by atoms with E-state index in [2.05, 4.69) is 19.2 Å². The van der Waals surface area contributed by atoms with Gasteiger partial charge in [0.05, 0.1) is 25.1 Å². The second kappa shape index (κ2) is 11.1. The lowest BCUT2D eigenvalue weighted by Gasteiger charge is -2.24. The van der Waals surface area contributed by atoms with Crippen molar-refractivity contribution in [3.63, 3.8) is 0 Å². The molecule has 2 aromatic carbocycles. The monoisotopic (exact) mass is 450 g/mol. The first-order valence-electron chi connectivity index (χ1n) is 10.3. The van der Waals surface area contributed by atoms with E-state index in [4.69, 9.17) is 4.74 Å². The summed E-state index contributed by atoms with van der Waals surface area (Å²) in [4.78, 5) is 12.6. The predicted molar refractivity (Wildman–Crippen MR) is 121 cm³/mol. The van der Waals surface area contributed by atoms with E-state index in [0.717, 1.165) is 28.3 Å². The second-order valence-electron chi connectivity index (χ2n) is 7.91. The normalized spacial score (nSPS) is 12.5. The lowest BCUT2D eigenvalue weighted by atomic mass is 9.96. The van der Waals surface area contributed by atoms with Crippen LogP contribution in [0.15, 0.2) is 48.5 Å². The van der Waals surface area contributed by atoms with Crippen LogP contribution in [-0.4, -0.2) is 34.2 Å². The first kappa shape index (κ1) is 24.7. The van der Waals surface area contributed by atoms with Gasteiger partial charge in [0.15, 0.2) is 0 Å². The van der Waals surface area contributed by atoms with Gasteiger partial charge in [0.1, 0.15) is 11.6 Å². The van der Waals surface area contributed by atoms with E-state index >= 15 is 0 Å². The molecule has 0 saturated heterocycles. The molecule has 1 amide bonds. The molecule has 0 aromatic heterocycles. The van der Waals surface area contributed by atoms with E-state index in [9.17, 15) is 17.6 Å². The summed E-state index contributed by atoms with van der Waals surface area (Å²) in [6.07, 6.45) is 2.19. The third kappa shape index (κ3) is 7.54. The molecule has 2 rings (SSSR count). The minimum atomic E-state index is -3.68. The fourth-order valence-corrected chi connectivity index (χ4v) is 4.32. The lowest BCUT2D eigenvalue weighted by molar-refractivity contribution is -0.122. The molecule has 0 aliphatic heterocycles. The highest BCUT2D eigenvalue weighted by Crippen LogP contribution is 2.24. The number of methoxy groups -OCH3 is 1. The van der Waals surface area contributed by atoms with Crippen LogP contribution in [0.5, 0.6) is 5.75 Å². The molecule has 1 atom stereocenters. The van der Waals surface area contributed by atoms with Crippen LogP contribution < -0.4 is 14.4 Å². The third-order valence-corrected chi connectivity index (χ3v) is 6.03. The Balaban J connectivity index is 2.02. The van der Waals surface area contributed by atoms with Crippen molar-refractivity contribution >= 4 is 21.6 Å². The summed E-state index contributed by atoms with van der Waals surface area (Å²) in [5, 5.41) is 3.04. The molecule has 170 valence electrons. The van der Waals surface area contributed by atoms with Crippen molar-refractivity contribution in [2.24, 2.45) is 5.92 Å². The van der Waals surface area contributed by atoms with E-state index in [0.29, 0.717) is 5.92 Å². The molecule has 0 spiro atoms. The molecule has 31 heavy (non-hydrogen) atoms. The molecule has 0 fully saturated rings. The molecule has 2 aromatic rings. The molecule has 0 aliphatic rings. The minimum Gasteiger partial charge on any atom is -0.497 e. The SMILES string of the molecule is COc1ccc([C@H](CC(C)C)NC(=O)CCCN(c2ccccc2F)S(C)(=O)=O)cc1. The van der Waals surface area contributed by atoms with E-state index in [1.807, 2.05) is 24.3 Å². The molecular weight excluding hydrogens is 419 g/mol. The van der Waals surface area contributed by atoms with Gasteiger partial charge in [-0.25, -0.2) is 12.8 Å². The molecule has 0 bridgehead atoms. The van der Waals surface area contributed by atoms with Crippen molar-refractivity contribution in [2.45, 2.75) is 39.2 Å². The van der Waals surface area contributed by atoms with Gasteiger partial charge in [-0.05, 0) is 48.6 Å². The van der Waals surface area contributed by atoms with Gasteiger partial charge in [-0.15, -0.1) is 0 Å². The maximum absolute atomic E-state index is 14.1. The molecule has 1 N–H and O–H groups in total. The van der Waals surface area contributed by atoms with Crippen molar-refractivity contribution in [3.05, 3.63) is 59.9 Å². The van der Waals surface area contributed by atoms with Crippen LogP contribution in [-0.2, 0) is 14.8 Å². The average molecular weight is 451 g/mol. The molecule has 0 aliphatic carbocycles. The van der Waals surface area contributed by atoms with Crippen molar-refractivity contribution in [2.75, 3.05) is 24.2 Å². The van der Waals surface area contributed by atoms with E-state index in [1.54, 1.807) is 13.2 Å². The van der Waals surface area contributed by atoms with Crippen LogP contribution in [0.3, 0.4) is 0 Å². The number of benzene rings is 2. The predicted octanol–water partition coefficient (Wildman–Crippen LogP) is 4.28. The van der Waals surface area contributed by atoms with Crippen LogP contribution in [0.2, 0.25) is 0 Å². The molecule has 0 unspecified atom stereocenters. The molecule has 0 radical (unpaired) electrons. The van der Waals surface area contributed by atoms with Crippen LogP contribution in [0.1, 0.15) is 44.7 Å². The van der Waals surface area contributed by atoms with Gasteiger partial charge in [0.25, 0.3) is 0 Å². The van der Waals surface area contributed by atoms with Gasteiger partial charge < -0.3 is 10.1 Å². The first-order valence-corrected chi connectivity index (χ1v) is 12.1. The highest BCUT2D eigenvalue weighted by atomic mass is 32.2. The number of halogens is 1. The number of amides is 1. The van der Waals surface area contributed by atoms with Gasteiger partial charge in [-0.3, -0.25) is 9.10 Å². The number of carbonyl (C=O) groups excluding carboxylic acids is 1.